The minimum Gasteiger partial charge on any atom is -0.452 e. The number of thioether (sulfide) groups is 1. The van der Waals surface area contributed by atoms with Crippen LogP contribution >= 0.6 is 11.8 Å². The molecule has 9 nitrogen and oxygen atoms in total. The van der Waals surface area contributed by atoms with Gasteiger partial charge in [-0.05, 0) is 25.5 Å². The molecule has 1 saturated heterocycles. The van der Waals surface area contributed by atoms with Crippen LogP contribution in [0.3, 0.4) is 0 Å². The van der Waals surface area contributed by atoms with E-state index in [2.05, 4.69) is 5.32 Å². The van der Waals surface area contributed by atoms with Crippen LogP contribution in [0.2, 0.25) is 0 Å². The minimum atomic E-state index is -3.13. The van der Waals surface area contributed by atoms with Crippen molar-refractivity contribution < 1.29 is 32.3 Å². The lowest BCUT2D eigenvalue weighted by Gasteiger charge is -2.26. The Balaban J connectivity index is 1.91. The van der Waals surface area contributed by atoms with E-state index in [-0.39, 0.29) is 34.8 Å². The molecule has 0 spiro atoms. The highest BCUT2D eigenvalue weighted by atomic mass is 32.2. The maximum Gasteiger partial charge on any atom is 0.339 e. The van der Waals surface area contributed by atoms with Gasteiger partial charge in [0, 0.05) is 31.1 Å². The quantitative estimate of drug-likeness (QED) is 0.284. The summed E-state index contributed by atoms with van der Waals surface area (Å²) in [7, 11) is -1.58. The summed E-state index contributed by atoms with van der Waals surface area (Å²) in [6, 6.07) is 6.29. The van der Waals surface area contributed by atoms with E-state index >= 15 is 0 Å². The van der Waals surface area contributed by atoms with E-state index < -0.39 is 28.3 Å². The third kappa shape index (κ3) is 7.82. The Hall–Kier alpha value is -2.11. The fourth-order valence-electron chi connectivity index (χ4n) is 3.20. The van der Waals surface area contributed by atoms with E-state index in [1.54, 1.807) is 38.3 Å². The van der Waals surface area contributed by atoms with E-state index in [1.807, 2.05) is 0 Å². The van der Waals surface area contributed by atoms with Crippen LogP contribution in [0.25, 0.3) is 0 Å². The molecule has 1 unspecified atom stereocenters. The van der Waals surface area contributed by atoms with Gasteiger partial charge in [-0.3, -0.25) is 9.59 Å². The van der Waals surface area contributed by atoms with Gasteiger partial charge >= 0.3 is 5.97 Å². The Morgan fingerprint density at radius 2 is 2.00 bits per heavy atom. The van der Waals surface area contributed by atoms with Crippen LogP contribution in [0.5, 0.6) is 0 Å². The van der Waals surface area contributed by atoms with E-state index in [0.717, 1.165) is 0 Å². The fourth-order valence-corrected chi connectivity index (χ4v) is 5.80. The summed E-state index contributed by atoms with van der Waals surface area (Å²) in [5, 5.41) is 2.70. The second-order valence-corrected chi connectivity index (χ2v) is 10.2. The monoisotopic (exact) mass is 472 g/mol. The van der Waals surface area contributed by atoms with Crippen LogP contribution in [0.15, 0.2) is 29.2 Å². The molecule has 0 bridgehead atoms. The van der Waals surface area contributed by atoms with Gasteiger partial charge in [-0.2, -0.15) is 0 Å². The van der Waals surface area contributed by atoms with Gasteiger partial charge in [0.2, 0.25) is 5.91 Å². The molecule has 0 aliphatic carbocycles. The van der Waals surface area contributed by atoms with Crippen LogP contribution in [-0.2, 0) is 28.9 Å². The maximum atomic E-state index is 12.5. The van der Waals surface area contributed by atoms with Crippen molar-refractivity contribution >= 4 is 39.4 Å². The minimum absolute atomic E-state index is 0.0604. The van der Waals surface area contributed by atoms with Gasteiger partial charge in [-0.15, -0.1) is 11.8 Å². The predicted molar refractivity (Wildman–Crippen MR) is 117 cm³/mol. The average Bonchev–Trinajstić information content (AvgIpc) is 3.10. The number of ether oxygens (including phenoxy) is 2. The number of methoxy groups -OCH3 is 1. The van der Waals surface area contributed by atoms with Crippen LogP contribution in [0.1, 0.15) is 23.7 Å². The van der Waals surface area contributed by atoms with Crippen molar-refractivity contribution in [2.75, 3.05) is 50.7 Å². The zero-order chi connectivity index (χ0) is 22.9. The highest BCUT2D eigenvalue weighted by molar-refractivity contribution is 8.00. The summed E-state index contributed by atoms with van der Waals surface area (Å²) in [5.74, 6) is -1.18. The molecule has 1 N–H and O–H groups in total. The summed E-state index contributed by atoms with van der Waals surface area (Å²) < 4.78 is 33.5. The van der Waals surface area contributed by atoms with E-state index in [1.165, 1.54) is 16.7 Å². The summed E-state index contributed by atoms with van der Waals surface area (Å²) in [6.07, 6.45) is 0.391. The molecule has 11 heteroatoms. The Bertz CT molecular complexity index is 889. The van der Waals surface area contributed by atoms with E-state index in [0.29, 0.717) is 31.0 Å². The van der Waals surface area contributed by atoms with Gasteiger partial charge in [0.1, 0.15) is 0 Å². The Morgan fingerprint density at radius 3 is 2.65 bits per heavy atom. The summed E-state index contributed by atoms with van der Waals surface area (Å²) in [6.45, 7) is 2.43. The van der Waals surface area contributed by atoms with Crippen LogP contribution in [0, 0.1) is 0 Å². The molecule has 1 aromatic carbocycles. The standard InChI is InChI=1S/C20H28N2O7S2/c1-3-22(15-8-11-31(26,27)14-15)19(24)12-29-20(25)16-6-4-5-7-17(16)30-13-18(23)21-9-10-28-2/h4-7,15H,3,8-14H2,1-2H3,(H,21,23). The molecule has 2 rings (SSSR count). The van der Waals surface area contributed by atoms with Gasteiger partial charge in [0.15, 0.2) is 16.4 Å². The molecule has 1 aromatic rings. The zero-order valence-electron chi connectivity index (χ0n) is 17.7. The van der Waals surface area contributed by atoms with Gasteiger partial charge < -0.3 is 19.7 Å². The smallest absolute Gasteiger partial charge is 0.339 e. The number of nitrogens with one attached hydrogen (secondary N) is 1. The number of sulfone groups is 1. The highest BCUT2D eigenvalue weighted by Crippen LogP contribution is 2.23. The third-order valence-electron chi connectivity index (χ3n) is 4.73. The lowest BCUT2D eigenvalue weighted by molar-refractivity contribution is -0.136. The predicted octanol–water partition coefficient (Wildman–Crippen LogP) is 0.734. The van der Waals surface area contributed by atoms with Crippen molar-refractivity contribution in [2.24, 2.45) is 0 Å². The van der Waals surface area contributed by atoms with Gasteiger partial charge in [-0.1, -0.05) is 12.1 Å². The van der Waals surface area contributed by atoms with E-state index in [9.17, 15) is 22.8 Å². The number of carbonyl (C=O) groups is 3. The third-order valence-corrected chi connectivity index (χ3v) is 7.55. The van der Waals surface area contributed by atoms with Gasteiger partial charge in [0.25, 0.3) is 5.91 Å². The number of likely N-dealkylation sites (N-methyl/N-ethyl adjacent to an activating group) is 1. The number of nitrogens with zero attached hydrogens (tertiary/aromatic N) is 1. The first-order valence-corrected chi connectivity index (χ1v) is 12.7. The number of benzene rings is 1. The van der Waals surface area contributed by atoms with Crippen LogP contribution in [0.4, 0.5) is 0 Å². The molecule has 0 radical (unpaired) electrons. The molecule has 1 fully saturated rings. The molecule has 1 atom stereocenters. The van der Waals surface area contributed by atoms with Crippen molar-refractivity contribution in [3.8, 4) is 0 Å². The number of hydrogen-bond acceptors (Lipinski definition) is 8. The highest BCUT2D eigenvalue weighted by Gasteiger charge is 2.34. The molecule has 0 saturated carbocycles. The average molecular weight is 473 g/mol. The number of rotatable bonds is 11. The molecular weight excluding hydrogens is 444 g/mol. The fraction of sp³-hybridized carbons (Fsp3) is 0.550. The molecular formula is C20H28N2O7S2. The number of esters is 1. The van der Waals surface area contributed by atoms with Crippen molar-refractivity contribution in [1.82, 2.24) is 10.2 Å². The van der Waals surface area contributed by atoms with Gasteiger partial charge in [-0.25, -0.2) is 13.2 Å². The van der Waals surface area contributed by atoms with Crippen molar-refractivity contribution in [2.45, 2.75) is 24.3 Å². The van der Waals surface area contributed by atoms with Crippen molar-refractivity contribution in [3.63, 3.8) is 0 Å². The molecule has 1 aliphatic heterocycles. The van der Waals surface area contributed by atoms with Crippen molar-refractivity contribution in [1.29, 1.82) is 0 Å². The Morgan fingerprint density at radius 1 is 1.26 bits per heavy atom. The Labute approximate surface area is 186 Å². The summed E-state index contributed by atoms with van der Waals surface area (Å²) >= 11 is 1.19. The Kier molecular flexibility index (Phi) is 9.79. The molecule has 1 aliphatic rings. The number of amides is 2. The second kappa shape index (κ2) is 12.1. The summed E-state index contributed by atoms with van der Waals surface area (Å²) in [4.78, 5) is 38.9. The van der Waals surface area contributed by atoms with E-state index in [4.69, 9.17) is 9.47 Å². The number of carbonyl (C=O) groups excluding carboxylic acids is 3. The number of hydrogen-bond donors (Lipinski definition) is 1. The second-order valence-electron chi connectivity index (χ2n) is 6.94. The topological polar surface area (TPSA) is 119 Å². The lowest BCUT2D eigenvalue weighted by Crippen LogP contribution is -2.43. The zero-order valence-corrected chi connectivity index (χ0v) is 19.3. The van der Waals surface area contributed by atoms with Crippen molar-refractivity contribution in [3.05, 3.63) is 29.8 Å². The SMILES string of the molecule is CCN(C(=O)COC(=O)c1ccccc1SCC(=O)NCCOC)C1CCS(=O)(=O)C1. The van der Waals surface area contributed by atoms with Crippen LogP contribution in [-0.4, -0.2) is 87.8 Å². The van der Waals surface area contributed by atoms with Crippen LogP contribution < -0.4 is 5.32 Å². The summed E-state index contributed by atoms with van der Waals surface area (Å²) in [5.41, 5.74) is 0.261. The first-order valence-electron chi connectivity index (χ1n) is 9.92. The largest absolute Gasteiger partial charge is 0.452 e. The first-order chi connectivity index (χ1) is 14.8. The maximum absolute atomic E-state index is 12.5. The molecule has 31 heavy (non-hydrogen) atoms. The normalized spacial score (nSPS) is 17.2. The molecule has 1 heterocycles. The van der Waals surface area contributed by atoms with Gasteiger partial charge in [0.05, 0.1) is 29.4 Å². The molecule has 172 valence electrons. The molecule has 0 aromatic heterocycles. The lowest BCUT2D eigenvalue weighted by atomic mass is 10.2. The first kappa shape index (κ1) is 25.2. The molecule has 2 amide bonds.